The van der Waals surface area contributed by atoms with E-state index in [4.69, 9.17) is 4.74 Å². The van der Waals surface area contributed by atoms with Crippen LogP contribution in [0.5, 0.6) is 5.75 Å². The second-order valence-electron chi connectivity index (χ2n) is 9.86. The van der Waals surface area contributed by atoms with Crippen molar-refractivity contribution in [2.75, 3.05) is 51.1 Å². The fourth-order valence-electron chi connectivity index (χ4n) is 5.13. The lowest BCUT2D eigenvalue weighted by Gasteiger charge is -2.39. The number of hydrogen-bond acceptors (Lipinski definition) is 5. The Labute approximate surface area is 207 Å². The SMILES string of the molecule is O=C(CCN1CCCCC1)N1CCC(Oc2ccc(NC(=O)N3CC(c4cccnc4)C3)cc2)C1. The van der Waals surface area contributed by atoms with Gasteiger partial charge in [-0.05, 0) is 61.8 Å². The van der Waals surface area contributed by atoms with Crippen LogP contribution in [-0.4, -0.2) is 83.5 Å². The normalized spacial score (nSPS) is 21.0. The number of benzene rings is 1. The molecule has 4 heterocycles. The zero-order valence-electron chi connectivity index (χ0n) is 20.3. The molecule has 0 bridgehead atoms. The monoisotopic (exact) mass is 477 g/mol. The van der Waals surface area contributed by atoms with E-state index in [-0.39, 0.29) is 18.0 Å². The van der Waals surface area contributed by atoms with Gasteiger partial charge < -0.3 is 24.8 Å². The first kappa shape index (κ1) is 23.6. The third kappa shape index (κ3) is 6.11. The summed E-state index contributed by atoms with van der Waals surface area (Å²) < 4.78 is 6.12. The number of carbonyl (C=O) groups excluding carboxylic acids is 2. The van der Waals surface area contributed by atoms with E-state index >= 15 is 0 Å². The Hall–Kier alpha value is -3.13. The van der Waals surface area contributed by atoms with Gasteiger partial charge in [-0.2, -0.15) is 0 Å². The maximum Gasteiger partial charge on any atom is 0.321 e. The first-order valence-electron chi connectivity index (χ1n) is 12.9. The largest absolute Gasteiger partial charge is 0.489 e. The Morgan fingerprint density at radius 1 is 0.971 bits per heavy atom. The lowest BCUT2D eigenvalue weighted by molar-refractivity contribution is -0.130. The summed E-state index contributed by atoms with van der Waals surface area (Å²) in [5.41, 5.74) is 1.92. The second kappa shape index (κ2) is 11.1. The van der Waals surface area contributed by atoms with Crippen LogP contribution in [0.2, 0.25) is 0 Å². The van der Waals surface area contributed by atoms with Crippen LogP contribution < -0.4 is 10.1 Å². The lowest BCUT2D eigenvalue weighted by atomic mass is 9.93. The number of ether oxygens (including phenoxy) is 1. The highest BCUT2D eigenvalue weighted by Gasteiger charge is 2.32. The molecule has 1 N–H and O–H groups in total. The maximum absolute atomic E-state index is 12.6. The van der Waals surface area contributed by atoms with E-state index in [9.17, 15) is 9.59 Å². The minimum absolute atomic E-state index is 0.0138. The number of nitrogens with zero attached hydrogens (tertiary/aromatic N) is 4. The molecule has 0 spiro atoms. The number of pyridine rings is 1. The standard InChI is InChI=1S/C27H35N5O3/c33-26(11-15-30-13-2-1-3-14-30)31-16-10-25(20-31)35-24-8-6-23(7-9-24)29-27(34)32-18-22(19-32)21-5-4-12-28-17-21/h4-9,12,17,22,25H,1-3,10-11,13-16,18-20H2,(H,29,34). The first-order chi connectivity index (χ1) is 17.1. The van der Waals surface area contributed by atoms with Crippen molar-refractivity contribution < 1.29 is 14.3 Å². The van der Waals surface area contributed by atoms with Gasteiger partial charge in [0.1, 0.15) is 11.9 Å². The number of urea groups is 1. The summed E-state index contributed by atoms with van der Waals surface area (Å²) in [5.74, 6) is 1.35. The van der Waals surface area contributed by atoms with Crippen molar-refractivity contribution in [2.24, 2.45) is 0 Å². The summed E-state index contributed by atoms with van der Waals surface area (Å²) >= 11 is 0. The van der Waals surface area contributed by atoms with E-state index in [1.165, 1.54) is 24.8 Å². The van der Waals surface area contributed by atoms with Crippen LogP contribution in [0.4, 0.5) is 10.5 Å². The second-order valence-corrected chi connectivity index (χ2v) is 9.86. The van der Waals surface area contributed by atoms with Gasteiger partial charge in [0.05, 0.1) is 6.54 Å². The summed E-state index contributed by atoms with van der Waals surface area (Å²) in [7, 11) is 0. The van der Waals surface area contributed by atoms with Crippen molar-refractivity contribution in [2.45, 2.75) is 44.1 Å². The van der Waals surface area contributed by atoms with Crippen molar-refractivity contribution in [1.29, 1.82) is 0 Å². The van der Waals surface area contributed by atoms with Gasteiger partial charge in [-0.1, -0.05) is 12.5 Å². The van der Waals surface area contributed by atoms with E-state index in [0.717, 1.165) is 44.0 Å². The highest BCUT2D eigenvalue weighted by molar-refractivity contribution is 5.90. The molecule has 35 heavy (non-hydrogen) atoms. The van der Waals surface area contributed by atoms with Crippen LogP contribution in [0.1, 0.15) is 43.6 Å². The molecular formula is C27H35N5O3. The van der Waals surface area contributed by atoms with E-state index in [1.54, 1.807) is 11.1 Å². The molecule has 8 nitrogen and oxygen atoms in total. The summed E-state index contributed by atoms with van der Waals surface area (Å²) in [4.78, 5) is 35.4. The van der Waals surface area contributed by atoms with Crippen molar-refractivity contribution in [3.05, 3.63) is 54.4 Å². The van der Waals surface area contributed by atoms with Crippen LogP contribution in [0, 0.1) is 0 Å². The van der Waals surface area contributed by atoms with E-state index in [0.29, 0.717) is 32.0 Å². The molecule has 186 valence electrons. The van der Waals surface area contributed by atoms with Crippen LogP contribution in [-0.2, 0) is 4.79 Å². The number of carbonyl (C=O) groups is 2. The Morgan fingerprint density at radius 2 is 1.77 bits per heavy atom. The molecule has 1 aromatic heterocycles. The first-order valence-corrected chi connectivity index (χ1v) is 12.9. The van der Waals surface area contributed by atoms with Gasteiger partial charge in [-0.3, -0.25) is 9.78 Å². The lowest BCUT2D eigenvalue weighted by Crippen LogP contribution is -2.50. The number of piperidine rings is 1. The van der Waals surface area contributed by atoms with Gasteiger partial charge in [0.25, 0.3) is 0 Å². The summed E-state index contributed by atoms with van der Waals surface area (Å²) in [6.45, 7) is 5.92. The third-order valence-corrected chi connectivity index (χ3v) is 7.32. The highest BCUT2D eigenvalue weighted by atomic mass is 16.5. The van der Waals surface area contributed by atoms with Crippen molar-refractivity contribution in [3.63, 3.8) is 0 Å². The molecule has 3 saturated heterocycles. The number of nitrogens with one attached hydrogen (secondary N) is 1. The van der Waals surface area contributed by atoms with Gasteiger partial charge in [0.2, 0.25) is 5.91 Å². The molecule has 0 saturated carbocycles. The molecule has 8 heteroatoms. The third-order valence-electron chi connectivity index (χ3n) is 7.32. The molecule has 3 aliphatic heterocycles. The quantitative estimate of drug-likeness (QED) is 0.660. The molecule has 0 radical (unpaired) electrons. The Kier molecular flexibility index (Phi) is 7.47. The number of hydrogen-bond donors (Lipinski definition) is 1. The van der Waals surface area contributed by atoms with Gasteiger partial charge in [0.15, 0.2) is 0 Å². The fraction of sp³-hybridized carbons (Fsp3) is 0.519. The molecular weight excluding hydrogens is 442 g/mol. The Morgan fingerprint density at radius 3 is 2.51 bits per heavy atom. The molecule has 1 atom stereocenters. The molecule has 5 rings (SSSR count). The zero-order chi connectivity index (χ0) is 24.0. The van der Waals surface area contributed by atoms with E-state index < -0.39 is 0 Å². The molecule has 3 amide bonds. The van der Waals surface area contributed by atoms with Gasteiger partial charge in [-0.25, -0.2) is 4.79 Å². The average Bonchev–Trinajstić information content (AvgIpc) is 3.33. The summed E-state index contributed by atoms with van der Waals surface area (Å²) in [6.07, 6.45) is 8.91. The van der Waals surface area contributed by atoms with E-state index in [2.05, 4.69) is 21.3 Å². The topological polar surface area (TPSA) is 78.0 Å². The molecule has 1 unspecified atom stereocenters. The summed E-state index contributed by atoms with van der Waals surface area (Å²) in [5, 5.41) is 2.96. The molecule has 0 aliphatic carbocycles. The van der Waals surface area contributed by atoms with Crippen molar-refractivity contribution in [3.8, 4) is 5.75 Å². The minimum Gasteiger partial charge on any atom is -0.489 e. The Bertz CT molecular complexity index is 988. The van der Waals surface area contributed by atoms with Gasteiger partial charge in [-0.15, -0.1) is 0 Å². The predicted octanol–water partition coefficient (Wildman–Crippen LogP) is 3.57. The number of anilines is 1. The smallest absolute Gasteiger partial charge is 0.321 e. The van der Waals surface area contributed by atoms with Crippen molar-refractivity contribution in [1.82, 2.24) is 19.7 Å². The van der Waals surface area contributed by atoms with Crippen LogP contribution in [0.15, 0.2) is 48.8 Å². The van der Waals surface area contributed by atoms with Gasteiger partial charge in [0, 0.05) is 63.0 Å². The average molecular weight is 478 g/mol. The van der Waals surface area contributed by atoms with Crippen molar-refractivity contribution >= 4 is 17.6 Å². The molecule has 3 fully saturated rings. The van der Waals surface area contributed by atoms with Crippen LogP contribution in [0.3, 0.4) is 0 Å². The van der Waals surface area contributed by atoms with Gasteiger partial charge >= 0.3 is 6.03 Å². The number of amides is 3. The zero-order valence-corrected chi connectivity index (χ0v) is 20.3. The number of likely N-dealkylation sites (tertiary alicyclic amines) is 3. The number of aromatic nitrogens is 1. The Balaban J connectivity index is 1.02. The molecule has 3 aliphatic rings. The fourth-order valence-corrected chi connectivity index (χ4v) is 5.13. The highest BCUT2D eigenvalue weighted by Crippen LogP contribution is 2.27. The maximum atomic E-state index is 12.6. The van der Waals surface area contributed by atoms with Crippen LogP contribution in [0.25, 0.3) is 0 Å². The van der Waals surface area contributed by atoms with E-state index in [1.807, 2.05) is 41.4 Å². The molecule has 2 aromatic rings. The summed E-state index contributed by atoms with van der Waals surface area (Å²) in [6, 6.07) is 11.4. The minimum atomic E-state index is -0.0895. The molecule has 1 aromatic carbocycles. The number of rotatable bonds is 7. The predicted molar refractivity (Wildman–Crippen MR) is 135 cm³/mol. The van der Waals surface area contributed by atoms with Crippen LogP contribution >= 0.6 is 0 Å².